The number of nitrogens with one attached hydrogen (secondary N) is 3. The fourth-order valence-corrected chi connectivity index (χ4v) is 11.2. The van der Waals surface area contributed by atoms with Gasteiger partial charge in [0, 0.05) is 26.5 Å². The van der Waals surface area contributed by atoms with Crippen molar-refractivity contribution in [2.45, 2.75) is 104 Å². The standard InChI is InChI=1S/C31H32N6O5.C18H23N5O4.C13H10ClNO.2H2/c1-6-31-19(4)24(40-20(31)5)28(42-31)36-17-32-23-25(36)33-29(34-26(38)18(2)3)35-27(23)41-30(39)37(21-13-9-7-10-14-21)22-15-11-8-12-16-22;1-6-18-9(4)12(26-10(18)5)16(27-18)23-7-19-11-13(23)20-17(22-15(11)25)21-14(24)8(2)3;14-13(16)15(11-7-3-1-4-8-11)12-9-5-2-6-10-12;;/h7-19,24,28H,5-6H2,1-4H3,(H,33,34,35,38);7-9,12,16H,5-6H2,1-4H3,(H2,20,21,22,24,25);1-10H;2*1H/t19?,24-,28+,31+;9?,12-,16+,18+;;;/m00.../s1. The monoisotopic (exact) mass is 1180 g/mol. The van der Waals surface area contributed by atoms with Crippen molar-refractivity contribution in [3.63, 3.8) is 0 Å². The van der Waals surface area contributed by atoms with Crippen molar-refractivity contribution in [3.8, 4) is 5.88 Å². The van der Waals surface area contributed by atoms with E-state index in [2.05, 4.69) is 67.5 Å². The lowest BCUT2D eigenvalue weighted by Gasteiger charge is -2.32. The summed E-state index contributed by atoms with van der Waals surface area (Å²) in [6, 6.07) is 36.9. The van der Waals surface area contributed by atoms with Crippen LogP contribution >= 0.6 is 11.6 Å². The molecule has 4 aliphatic rings. The largest absolute Gasteiger partial charge is 0.487 e. The molecule has 4 aromatic carbocycles. The number of H-pyrrole nitrogens is 1. The summed E-state index contributed by atoms with van der Waals surface area (Å²) in [6.45, 7) is 23.3. The van der Waals surface area contributed by atoms with E-state index >= 15 is 0 Å². The van der Waals surface area contributed by atoms with Gasteiger partial charge in [-0.25, -0.2) is 19.7 Å². The number of benzene rings is 4. The van der Waals surface area contributed by atoms with Crippen LogP contribution in [0.4, 0.5) is 44.2 Å². The van der Waals surface area contributed by atoms with E-state index in [0.717, 1.165) is 17.8 Å². The number of aromatic amines is 1. The lowest BCUT2D eigenvalue weighted by Crippen LogP contribution is -2.34. The molecule has 22 nitrogen and oxygen atoms in total. The highest BCUT2D eigenvalue weighted by atomic mass is 35.5. The molecule has 0 saturated carbocycles. The molecular formula is C62H69ClN12O10. The van der Waals surface area contributed by atoms with Gasteiger partial charge in [-0.05, 0) is 73.0 Å². The van der Waals surface area contributed by atoms with E-state index in [1.165, 1.54) is 16.1 Å². The van der Waals surface area contributed by atoms with E-state index in [-0.39, 0.29) is 79.4 Å². The van der Waals surface area contributed by atoms with Crippen LogP contribution in [0.15, 0.2) is 163 Å². The second kappa shape index (κ2) is 24.2. The molecule has 0 aliphatic carbocycles. The van der Waals surface area contributed by atoms with Crippen LogP contribution in [0.2, 0.25) is 0 Å². The number of ether oxygens (including phenoxy) is 5. The topological polar surface area (TPSA) is 252 Å². The number of halogens is 1. The van der Waals surface area contributed by atoms with Crippen molar-refractivity contribution >= 4 is 91.8 Å². The second-order valence-corrected chi connectivity index (χ2v) is 21.8. The number of nitrogens with zero attached hydrogens (tertiary/aromatic N) is 9. The number of hydrogen-bond donors (Lipinski definition) is 3. The zero-order chi connectivity index (χ0) is 60.5. The van der Waals surface area contributed by atoms with Gasteiger partial charge < -0.3 is 23.7 Å². The van der Waals surface area contributed by atoms with Crippen molar-refractivity contribution in [1.82, 2.24) is 39.0 Å². The van der Waals surface area contributed by atoms with Crippen molar-refractivity contribution in [2.75, 3.05) is 20.4 Å². The molecule has 2 unspecified atom stereocenters. The van der Waals surface area contributed by atoms with Crippen LogP contribution in [0.25, 0.3) is 22.3 Å². The highest BCUT2D eigenvalue weighted by Crippen LogP contribution is 2.57. The molecule has 444 valence electrons. The zero-order valence-electron chi connectivity index (χ0n) is 48.1. The van der Waals surface area contributed by atoms with Gasteiger partial charge in [-0.1, -0.05) is 141 Å². The van der Waals surface area contributed by atoms with Crippen LogP contribution in [0, 0.1) is 23.7 Å². The van der Waals surface area contributed by atoms with E-state index in [0.29, 0.717) is 40.6 Å². The highest BCUT2D eigenvalue weighted by molar-refractivity contribution is 6.67. The van der Waals surface area contributed by atoms with Gasteiger partial charge in [-0.15, -0.1) is 0 Å². The number of hydrogen-bond acceptors (Lipinski definition) is 15. The summed E-state index contributed by atoms with van der Waals surface area (Å²) >= 11 is 5.60. The third kappa shape index (κ3) is 11.1. The molecule has 8 atom stereocenters. The summed E-state index contributed by atoms with van der Waals surface area (Å²) in [4.78, 5) is 89.7. The smallest absolute Gasteiger partial charge is 0.425 e. The van der Waals surface area contributed by atoms with E-state index in [1.54, 1.807) is 67.4 Å². The van der Waals surface area contributed by atoms with Crippen molar-refractivity contribution in [1.29, 1.82) is 0 Å². The Hall–Kier alpha value is -9.25. The molecule has 0 radical (unpaired) electrons. The van der Waals surface area contributed by atoms with Gasteiger partial charge in [0.25, 0.3) is 11.4 Å². The third-order valence-electron chi connectivity index (χ3n) is 15.7. The summed E-state index contributed by atoms with van der Waals surface area (Å²) in [5.41, 5.74) is 2.18. The van der Waals surface area contributed by atoms with Gasteiger partial charge in [0.2, 0.25) is 23.7 Å². The Morgan fingerprint density at radius 3 is 1.47 bits per heavy atom. The number of imidazole rings is 2. The fraction of sp³-hybridized carbons (Fsp3) is 0.323. The van der Waals surface area contributed by atoms with Gasteiger partial charge in [-0.3, -0.25) is 48.8 Å². The van der Waals surface area contributed by atoms with E-state index < -0.39 is 40.7 Å². The molecular weight excluding hydrogens is 1110 g/mol. The first-order valence-electron chi connectivity index (χ1n) is 27.9. The molecule has 4 aromatic heterocycles. The number of anilines is 6. The molecule has 23 heteroatoms. The summed E-state index contributed by atoms with van der Waals surface area (Å²) in [7, 11) is 0. The zero-order valence-corrected chi connectivity index (χ0v) is 48.9. The van der Waals surface area contributed by atoms with E-state index in [1.807, 2.05) is 111 Å². The molecule has 4 bridgehead atoms. The molecule has 3 N–H and O–H groups in total. The average Bonchev–Trinajstić information content (AvgIpc) is 1.58. The maximum absolute atomic E-state index is 13.8. The Balaban J connectivity index is 0.000000186. The van der Waals surface area contributed by atoms with Crippen LogP contribution in [0.1, 0.15) is 83.5 Å². The number of aromatic nitrogens is 8. The lowest BCUT2D eigenvalue weighted by molar-refractivity contribution is -0.136. The first-order valence-corrected chi connectivity index (χ1v) is 28.3. The van der Waals surface area contributed by atoms with E-state index in [9.17, 15) is 24.0 Å². The van der Waals surface area contributed by atoms with Gasteiger partial charge in [0.15, 0.2) is 34.8 Å². The van der Waals surface area contributed by atoms with Crippen molar-refractivity contribution in [2.24, 2.45) is 23.7 Å². The summed E-state index contributed by atoms with van der Waals surface area (Å²) in [5.74, 6) is 0.259. The van der Waals surface area contributed by atoms with Gasteiger partial charge in [0.1, 0.15) is 34.9 Å². The summed E-state index contributed by atoms with van der Waals surface area (Å²) in [6.07, 6.45) is 2.19. The minimum Gasteiger partial charge on any atom is -0.487 e. The van der Waals surface area contributed by atoms with Crippen LogP contribution in [0.3, 0.4) is 0 Å². The Morgan fingerprint density at radius 2 is 1.06 bits per heavy atom. The Bertz CT molecular complexity index is 3800. The van der Waals surface area contributed by atoms with Crippen LogP contribution in [-0.4, -0.2) is 85.7 Å². The first-order chi connectivity index (χ1) is 40.8. The van der Waals surface area contributed by atoms with Crippen molar-refractivity contribution < 1.29 is 45.7 Å². The molecule has 12 rings (SSSR count). The number of fused-ring (bicyclic) bond motifs is 6. The fourth-order valence-electron chi connectivity index (χ4n) is 11.0. The van der Waals surface area contributed by atoms with Crippen molar-refractivity contribution in [3.05, 3.63) is 169 Å². The van der Waals surface area contributed by atoms with Crippen LogP contribution in [0.5, 0.6) is 5.88 Å². The number of amides is 4. The van der Waals surface area contributed by atoms with Gasteiger partial charge >= 0.3 is 11.5 Å². The van der Waals surface area contributed by atoms with Gasteiger partial charge in [-0.2, -0.15) is 15.0 Å². The minimum atomic E-state index is -0.711. The Kier molecular flexibility index (Phi) is 16.7. The Morgan fingerprint density at radius 1 is 0.647 bits per heavy atom. The second-order valence-electron chi connectivity index (χ2n) is 21.4. The quantitative estimate of drug-likeness (QED) is 0.0717. The van der Waals surface area contributed by atoms with Crippen LogP contribution < -0.4 is 30.7 Å². The number of rotatable bonds is 13. The maximum Gasteiger partial charge on any atom is 0.425 e. The number of carbonyl (C=O) groups excluding carboxylic acids is 4. The molecule has 4 aliphatic heterocycles. The average molecular weight is 1180 g/mol. The van der Waals surface area contributed by atoms with Crippen LogP contribution in [-0.2, 0) is 28.5 Å². The maximum atomic E-state index is 13.8. The SMILES string of the molecule is C=C1O[C@H]2C(C)[C@@]1(CC)O[C@H]2n1cnc2c(=O)[nH]c(NC(=O)C(C)C)nc21.C=C1O[C@H]2C(C)[C@@]1(CC)O[C@H]2n1cnc2c(OC(=O)N(c3ccccc3)c3ccccc3)nc(NC(=O)C(C)C)nc21.O=C(Cl)N(c1ccccc1)c1ccccc1.[HH].[HH]. The van der Waals surface area contributed by atoms with Gasteiger partial charge in [0.05, 0.1) is 35.4 Å². The molecule has 8 aromatic rings. The first kappa shape index (κ1) is 58.9. The number of carbonyl (C=O) groups is 4. The molecule has 4 saturated heterocycles. The lowest BCUT2D eigenvalue weighted by atomic mass is 9.86. The normalized spacial score (nSPS) is 22.5. The molecule has 85 heavy (non-hydrogen) atoms. The molecule has 0 spiro atoms. The molecule has 4 amide bonds. The third-order valence-corrected chi connectivity index (χ3v) is 15.9. The number of para-hydroxylation sites is 4. The predicted octanol–water partition coefficient (Wildman–Crippen LogP) is 12.6. The highest BCUT2D eigenvalue weighted by Gasteiger charge is 2.63. The summed E-state index contributed by atoms with van der Waals surface area (Å²) in [5, 5.41) is 4.82. The summed E-state index contributed by atoms with van der Waals surface area (Å²) < 4.78 is 34.3. The predicted molar refractivity (Wildman–Crippen MR) is 325 cm³/mol. The molecule has 8 heterocycles. The minimum absolute atomic E-state index is 0. The van der Waals surface area contributed by atoms with E-state index in [4.69, 9.17) is 35.3 Å². The Labute approximate surface area is 497 Å². The molecule has 4 fully saturated rings.